The summed E-state index contributed by atoms with van der Waals surface area (Å²) in [4.78, 5) is 26.7. The molecule has 2 aliphatic rings. The average Bonchev–Trinajstić information content (AvgIpc) is 2.63. The van der Waals surface area contributed by atoms with Crippen LogP contribution in [0.5, 0.6) is 0 Å². The quantitative estimate of drug-likeness (QED) is 0.865. The van der Waals surface area contributed by atoms with Crippen LogP contribution in [0, 0.1) is 11.8 Å². The maximum atomic E-state index is 12.5. The summed E-state index contributed by atoms with van der Waals surface area (Å²) in [5.74, 6) is 0.975. The number of nitrogens with zero attached hydrogens (tertiary/aromatic N) is 1. The molecule has 2 amide bonds. The van der Waals surface area contributed by atoms with Gasteiger partial charge in [0.2, 0.25) is 5.91 Å². The first kappa shape index (κ1) is 19.7. The van der Waals surface area contributed by atoms with Crippen molar-refractivity contribution in [2.45, 2.75) is 32.6 Å². The highest BCUT2D eigenvalue weighted by Gasteiger charge is 2.22. The zero-order chi connectivity index (χ0) is 16.9. The lowest BCUT2D eigenvalue weighted by atomic mass is 9.97. The minimum Gasteiger partial charge on any atom is -0.339 e. The van der Waals surface area contributed by atoms with Crippen LogP contribution in [0.1, 0.15) is 43.0 Å². The number of carbonyl (C=O) groups is 2. The van der Waals surface area contributed by atoms with Crippen molar-refractivity contribution in [2.75, 3.05) is 31.5 Å². The minimum atomic E-state index is 0. The number of rotatable bonds is 3. The predicted molar refractivity (Wildman–Crippen MR) is 102 cm³/mol. The fourth-order valence-corrected chi connectivity index (χ4v) is 3.42. The van der Waals surface area contributed by atoms with Crippen molar-refractivity contribution in [3.63, 3.8) is 0 Å². The van der Waals surface area contributed by atoms with Gasteiger partial charge in [0.05, 0.1) is 0 Å². The summed E-state index contributed by atoms with van der Waals surface area (Å²) in [7, 11) is 0. The van der Waals surface area contributed by atoms with Crippen molar-refractivity contribution in [2.24, 2.45) is 11.8 Å². The van der Waals surface area contributed by atoms with Crippen molar-refractivity contribution >= 4 is 29.9 Å². The molecule has 2 aliphatic heterocycles. The Morgan fingerprint density at radius 1 is 1.04 bits per heavy atom. The van der Waals surface area contributed by atoms with Gasteiger partial charge in [-0.3, -0.25) is 9.59 Å². The summed E-state index contributed by atoms with van der Waals surface area (Å²) >= 11 is 0. The Morgan fingerprint density at radius 3 is 2.24 bits per heavy atom. The normalized spacial score (nSPS) is 19.2. The highest BCUT2D eigenvalue weighted by atomic mass is 35.5. The maximum absolute atomic E-state index is 12.5. The molecule has 1 aromatic carbocycles. The van der Waals surface area contributed by atoms with Gasteiger partial charge in [-0.15, -0.1) is 12.4 Å². The molecule has 0 saturated carbocycles. The molecule has 3 rings (SSSR count). The molecule has 0 aliphatic carbocycles. The fourth-order valence-electron chi connectivity index (χ4n) is 3.42. The Balaban J connectivity index is 0.00000225. The monoisotopic (exact) mass is 365 g/mol. The van der Waals surface area contributed by atoms with Gasteiger partial charge in [0.25, 0.3) is 5.91 Å². The van der Waals surface area contributed by atoms with Gasteiger partial charge in [0, 0.05) is 30.3 Å². The first-order valence-corrected chi connectivity index (χ1v) is 9.04. The molecule has 0 atom stereocenters. The number of piperidine rings is 2. The SMILES string of the molecule is CC1CCN(C(=O)c2ccc(NC(=O)C3CCNCC3)cc2)CC1.Cl. The molecule has 138 valence electrons. The summed E-state index contributed by atoms with van der Waals surface area (Å²) in [6.45, 7) is 5.73. The van der Waals surface area contributed by atoms with Crippen molar-refractivity contribution in [3.05, 3.63) is 29.8 Å². The van der Waals surface area contributed by atoms with Gasteiger partial charge in [0.1, 0.15) is 0 Å². The standard InChI is InChI=1S/C19H27N3O2.ClH/c1-14-8-12-22(13-9-14)19(24)16-2-4-17(5-3-16)21-18(23)15-6-10-20-11-7-15;/h2-5,14-15,20H,6-13H2,1H3,(H,21,23);1H. The van der Waals surface area contributed by atoms with Gasteiger partial charge in [-0.2, -0.15) is 0 Å². The zero-order valence-corrected chi connectivity index (χ0v) is 15.6. The van der Waals surface area contributed by atoms with Gasteiger partial charge < -0.3 is 15.5 Å². The molecule has 2 N–H and O–H groups in total. The topological polar surface area (TPSA) is 61.4 Å². The van der Waals surface area contributed by atoms with Crippen LogP contribution in [0.3, 0.4) is 0 Å². The van der Waals surface area contributed by atoms with Gasteiger partial charge in [-0.25, -0.2) is 0 Å². The van der Waals surface area contributed by atoms with Crippen LogP contribution in [-0.2, 0) is 4.79 Å². The van der Waals surface area contributed by atoms with Crippen LogP contribution < -0.4 is 10.6 Å². The minimum absolute atomic E-state index is 0. The molecule has 6 heteroatoms. The van der Waals surface area contributed by atoms with Crippen LogP contribution in [-0.4, -0.2) is 42.9 Å². The molecule has 0 spiro atoms. The largest absolute Gasteiger partial charge is 0.339 e. The molecular weight excluding hydrogens is 338 g/mol. The summed E-state index contributed by atoms with van der Waals surface area (Å²) in [6, 6.07) is 7.30. The Kier molecular flexibility index (Phi) is 7.26. The Morgan fingerprint density at radius 2 is 1.64 bits per heavy atom. The Labute approximate surface area is 155 Å². The number of anilines is 1. The van der Waals surface area contributed by atoms with Crippen LogP contribution in [0.2, 0.25) is 0 Å². The number of carbonyl (C=O) groups excluding carboxylic acids is 2. The third-order valence-corrected chi connectivity index (χ3v) is 5.18. The van der Waals surface area contributed by atoms with Gasteiger partial charge in [-0.1, -0.05) is 6.92 Å². The number of hydrogen-bond donors (Lipinski definition) is 2. The van der Waals surface area contributed by atoms with Gasteiger partial charge in [0.15, 0.2) is 0 Å². The molecule has 2 heterocycles. The molecule has 5 nitrogen and oxygen atoms in total. The van der Waals surface area contributed by atoms with E-state index < -0.39 is 0 Å². The third kappa shape index (κ3) is 5.19. The second-order valence-corrected chi connectivity index (χ2v) is 7.07. The third-order valence-electron chi connectivity index (χ3n) is 5.18. The summed E-state index contributed by atoms with van der Waals surface area (Å²) < 4.78 is 0. The van der Waals surface area contributed by atoms with Crippen LogP contribution in [0.15, 0.2) is 24.3 Å². The predicted octanol–water partition coefficient (Wildman–Crippen LogP) is 2.92. The fraction of sp³-hybridized carbons (Fsp3) is 0.579. The van der Waals surface area contributed by atoms with Crippen molar-refractivity contribution in [3.8, 4) is 0 Å². The van der Waals surface area contributed by atoms with Gasteiger partial charge in [-0.05, 0) is 69.0 Å². The highest BCUT2D eigenvalue weighted by molar-refractivity contribution is 5.96. The molecule has 1 aromatic rings. The summed E-state index contributed by atoms with van der Waals surface area (Å²) in [5, 5.41) is 6.24. The number of hydrogen-bond acceptors (Lipinski definition) is 3. The van der Waals surface area contributed by atoms with E-state index in [0.717, 1.165) is 57.5 Å². The van der Waals surface area contributed by atoms with Crippen LogP contribution >= 0.6 is 12.4 Å². The van der Waals surface area contributed by atoms with Crippen molar-refractivity contribution < 1.29 is 9.59 Å². The number of halogens is 1. The number of amides is 2. The number of benzene rings is 1. The van der Waals surface area contributed by atoms with Crippen LogP contribution in [0.4, 0.5) is 5.69 Å². The van der Waals surface area contributed by atoms with Crippen molar-refractivity contribution in [1.82, 2.24) is 10.2 Å². The van der Waals surface area contributed by atoms with Crippen molar-refractivity contribution in [1.29, 1.82) is 0 Å². The lowest BCUT2D eigenvalue weighted by Crippen LogP contribution is -2.37. The second kappa shape index (κ2) is 9.20. The summed E-state index contributed by atoms with van der Waals surface area (Å²) in [6.07, 6.45) is 3.93. The summed E-state index contributed by atoms with van der Waals surface area (Å²) in [5.41, 5.74) is 1.46. The van der Waals surface area contributed by atoms with E-state index in [1.807, 2.05) is 29.2 Å². The Bertz CT molecular complexity index is 577. The van der Waals surface area contributed by atoms with E-state index >= 15 is 0 Å². The first-order chi connectivity index (χ1) is 11.6. The van der Waals surface area contributed by atoms with Gasteiger partial charge >= 0.3 is 0 Å². The molecule has 25 heavy (non-hydrogen) atoms. The molecule has 0 aromatic heterocycles. The smallest absolute Gasteiger partial charge is 0.253 e. The lowest BCUT2D eigenvalue weighted by molar-refractivity contribution is -0.120. The molecule has 0 unspecified atom stereocenters. The lowest BCUT2D eigenvalue weighted by Gasteiger charge is -2.30. The van der Waals surface area contributed by atoms with E-state index in [4.69, 9.17) is 0 Å². The molecule has 2 fully saturated rings. The van der Waals surface area contributed by atoms with E-state index in [1.165, 1.54) is 0 Å². The zero-order valence-electron chi connectivity index (χ0n) is 14.8. The number of likely N-dealkylation sites (tertiary alicyclic amines) is 1. The van der Waals surface area contributed by atoms with E-state index in [-0.39, 0.29) is 30.1 Å². The highest BCUT2D eigenvalue weighted by Crippen LogP contribution is 2.20. The molecule has 0 radical (unpaired) electrons. The van der Waals surface area contributed by atoms with E-state index in [2.05, 4.69) is 17.6 Å². The number of nitrogens with one attached hydrogen (secondary N) is 2. The van der Waals surface area contributed by atoms with Crippen LogP contribution in [0.25, 0.3) is 0 Å². The first-order valence-electron chi connectivity index (χ1n) is 9.04. The molecule has 2 saturated heterocycles. The maximum Gasteiger partial charge on any atom is 0.253 e. The Hall–Kier alpha value is -1.59. The molecule has 0 bridgehead atoms. The van der Waals surface area contributed by atoms with E-state index in [9.17, 15) is 9.59 Å². The van der Waals surface area contributed by atoms with E-state index in [1.54, 1.807) is 0 Å². The second-order valence-electron chi connectivity index (χ2n) is 7.07. The van der Waals surface area contributed by atoms with E-state index in [0.29, 0.717) is 11.5 Å². The molecular formula is C19H28ClN3O2. The average molecular weight is 366 g/mol.